The van der Waals surface area contributed by atoms with Crippen LogP contribution in [0.5, 0.6) is 0 Å². The summed E-state index contributed by atoms with van der Waals surface area (Å²) in [5.41, 5.74) is 4.23. The fraction of sp³-hybridized carbons (Fsp3) is 0.136. The van der Waals surface area contributed by atoms with Crippen LogP contribution >= 0.6 is 0 Å². The number of nitrogens with zero attached hydrogens (tertiary/aromatic N) is 1. The maximum atomic E-state index is 12.8. The SMILES string of the molecule is CON(C)S(=O)(=O)c1ccc(C(=O)OC2c3ccccc3-c3ccccc32)cc1. The summed E-state index contributed by atoms with van der Waals surface area (Å²) in [6.07, 6.45) is -0.502. The second kappa shape index (κ2) is 7.44. The Morgan fingerprint density at radius 1 is 0.862 bits per heavy atom. The standard InChI is InChI=1S/C22H19NO5S/c1-23(27-2)29(25,26)16-13-11-15(12-14-16)22(24)28-21-19-9-5-3-7-17(19)18-8-4-6-10-20(18)21/h3-14,21H,1-2H3. The van der Waals surface area contributed by atoms with Gasteiger partial charge in [0, 0.05) is 18.2 Å². The van der Waals surface area contributed by atoms with Gasteiger partial charge in [-0.25, -0.2) is 13.2 Å². The maximum absolute atomic E-state index is 12.8. The first-order valence-corrected chi connectivity index (χ1v) is 10.4. The third-order valence-electron chi connectivity index (χ3n) is 4.99. The zero-order chi connectivity index (χ0) is 20.6. The molecule has 0 heterocycles. The Balaban J connectivity index is 1.61. The molecule has 3 aromatic rings. The molecule has 0 bridgehead atoms. The van der Waals surface area contributed by atoms with E-state index in [-0.39, 0.29) is 10.5 Å². The van der Waals surface area contributed by atoms with E-state index >= 15 is 0 Å². The minimum atomic E-state index is -3.77. The van der Waals surface area contributed by atoms with Crippen molar-refractivity contribution in [2.24, 2.45) is 0 Å². The van der Waals surface area contributed by atoms with Crippen molar-refractivity contribution in [3.8, 4) is 11.1 Å². The molecule has 3 aromatic carbocycles. The van der Waals surface area contributed by atoms with Crippen molar-refractivity contribution in [2.75, 3.05) is 14.2 Å². The first-order valence-electron chi connectivity index (χ1n) is 8.96. The van der Waals surface area contributed by atoms with E-state index in [1.165, 1.54) is 38.4 Å². The van der Waals surface area contributed by atoms with Crippen LogP contribution in [0, 0.1) is 0 Å². The Kier molecular flexibility index (Phi) is 4.96. The van der Waals surface area contributed by atoms with Crippen LogP contribution in [0.1, 0.15) is 27.6 Å². The van der Waals surface area contributed by atoms with Crippen molar-refractivity contribution < 1.29 is 22.8 Å². The molecular weight excluding hydrogens is 390 g/mol. The summed E-state index contributed by atoms with van der Waals surface area (Å²) in [6, 6.07) is 21.2. The van der Waals surface area contributed by atoms with Gasteiger partial charge in [0.15, 0.2) is 6.10 Å². The van der Waals surface area contributed by atoms with E-state index < -0.39 is 22.1 Å². The summed E-state index contributed by atoms with van der Waals surface area (Å²) >= 11 is 0. The lowest BCUT2D eigenvalue weighted by Gasteiger charge is -2.16. The second-order valence-electron chi connectivity index (χ2n) is 6.58. The molecule has 29 heavy (non-hydrogen) atoms. The van der Waals surface area contributed by atoms with Crippen molar-refractivity contribution in [1.29, 1.82) is 0 Å². The van der Waals surface area contributed by atoms with E-state index in [1.54, 1.807) is 0 Å². The second-order valence-corrected chi connectivity index (χ2v) is 8.52. The zero-order valence-electron chi connectivity index (χ0n) is 15.9. The minimum absolute atomic E-state index is 0.0231. The van der Waals surface area contributed by atoms with Crippen LogP contribution in [0.25, 0.3) is 11.1 Å². The van der Waals surface area contributed by atoms with Gasteiger partial charge in [-0.2, -0.15) is 0 Å². The smallest absolute Gasteiger partial charge is 0.339 e. The van der Waals surface area contributed by atoms with E-state index in [1.807, 2.05) is 48.5 Å². The van der Waals surface area contributed by atoms with Crippen LogP contribution in [-0.4, -0.2) is 33.0 Å². The van der Waals surface area contributed by atoms with Crippen LogP contribution in [0.15, 0.2) is 77.7 Å². The number of hydrogen-bond acceptors (Lipinski definition) is 5. The summed E-state index contributed by atoms with van der Waals surface area (Å²) in [6.45, 7) is 0. The number of sulfonamides is 1. The van der Waals surface area contributed by atoms with E-state index in [0.717, 1.165) is 26.7 Å². The number of carbonyl (C=O) groups excluding carboxylic acids is 1. The van der Waals surface area contributed by atoms with E-state index in [2.05, 4.69) is 0 Å². The third-order valence-corrected chi connectivity index (χ3v) is 6.68. The average molecular weight is 409 g/mol. The number of hydroxylamine groups is 1. The minimum Gasteiger partial charge on any atom is -0.449 e. The molecule has 148 valence electrons. The molecule has 6 nitrogen and oxygen atoms in total. The van der Waals surface area contributed by atoms with Gasteiger partial charge in [-0.15, -0.1) is 0 Å². The normalized spacial score (nSPS) is 13.2. The maximum Gasteiger partial charge on any atom is 0.339 e. The molecule has 0 aliphatic heterocycles. The summed E-state index contributed by atoms with van der Waals surface area (Å²) in [5, 5.41) is 0. The average Bonchev–Trinajstić information content (AvgIpc) is 3.07. The van der Waals surface area contributed by atoms with Gasteiger partial charge in [0.25, 0.3) is 10.0 Å². The van der Waals surface area contributed by atoms with Gasteiger partial charge in [-0.05, 0) is 35.4 Å². The molecule has 0 fully saturated rings. The number of benzene rings is 3. The molecule has 0 aromatic heterocycles. The number of esters is 1. The zero-order valence-corrected chi connectivity index (χ0v) is 16.7. The van der Waals surface area contributed by atoms with Gasteiger partial charge < -0.3 is 4.74 Å². The van der Waals surface area contributed by atoms with Crippen LogP contribution in [0.4, 0.5) is 0 Å². The topological polar surface area (TPSA) is 72.9 Å². The Bertz CT molecular complexity index is 1130. The van der Waals surface area contributed by atoms with Crippen molar-refractivity contribution in [2.45, 2.75) is 11.0 Å². The lowest BCUT2D eigenvalue weighted by molar-refractivity contribution is -0.0258. The van der Waals surface area contributed by atoms with Crippen molar-refractivity contribution >= 4 is 16.0 Å². The molecule has 0 saturated heterocycles. The van der Waals surface area contributed by atoms with Gasteiger partial charge >= 0.3 is 5.97 Å². The molecule has 0 atom stereocenters. The Labute approximate surface area is 169 Å². The van der Waals surface area contributed by atoms with Gasteiger partial charge in [-0.3, -0.25) is 4.84 Å². The summed E-state index contributed by atoms with van der Waals surface area (Å²) in [7, 11) is -1.21. The predicted octanol–water partition coefficient (Wildman–Crippen LogP) is 3.80. The Hall–Kier alpha value is -3.00. The lowest BCUT2D eigenvalue weighted by atomic mass is 10.1. The predicted molar refractivity (Wildman–Crippen MR) is 108 cm³/mol. The highest BCUT2D eigenvalue weighted by Crippen LogP contribution is 2.45. The third kappa shape index (κ3) is 3.33. The quantitative estimate of drug-likeness (QED) is 0.473. The molecule has 4 rings (SSSR count). The molecule has 1 aliphatic rings. The highest BCUT2D eigenvalue weighted by molar-refractivity contribution is 7.89. The fourth-order valence-corrected chi connectivity index (χ4v) is 4.39. The van der Waals surface area contributed by atoms with Gasteiger partial charge in [-0.1, -0.05) is 53.0 Å². The number of carbonyl (C=O) groups is 1. The molecule has 1 aliphatic carbocycles. The number of fused-ring (bicyclic) bond motifs is 3. The van der Waals surface area contributed by atoms with Crippen LogP contribution in [0.2, 0.25) is 0 Å². The van der Waals surface area contributed by atoms with E-state index in [9.17, 15) is 13.2 Å². The van der Waals surface area contributed by atoms with Crippen molar-refractivity contribution in [3.63, 3.8) is 0 Å². The highest BCUT2D eigenvalue weighted by atomic mass is 32.2. The first kappa shape index (κ1) is 19.3. The molecule has 0 amide bonds. The molecule has 0 spiro atoms. The van der Waals surface area contributed by atoms with Gasteiger partial charge in [0.2, 0.25) is 0 Å². The number of rotatable bonds is 5. The molecule has 0 radical (unpaired) electrons. The summed E-state index contributed by atoms with van der Waals surface area (Å²) in [4.78, 5) is 17.5. The van der Waals surface area contributed by atoms with E-state index in [4.69, 9.17) is 9.57 Å². The number of ether oxygens (including phenoxy) is 1. The largest absolute Gasteiger partial charge is 0.449 e. The Morgan fingerprint density at radius 2 is 1.38 bits per heavy atom. The van der Waals surface area contributed by atoms with Crippen LogP contribution in [-0.2, 0) is 19.6 Å². The van der Waals surface area contributed by atoms with Gasteiger partial charge in [0.1, 0.15) is 0 Å². The molecular formula is C22H19NO5S. The molecule has 7 heteroatoms. The van der Waals surface area contributed by atoms with E-state index in [0.29, 0.717) is 0 Å². The van der Waals surface area contributed by atoms with Crippen LogP contribution in [0.3, 0.4) is 0 Å². The summed E-state index contributed by atoms with van der Waals surface area (Å²) < 4.78 is 31.1. The highest BCUT2D eigenvalue weighted by Gasteiger charge is 2.31. The molecule has 0 unspecified atom stereocenters. The van der Waals surface area contributed by atoms with Crippen molar-refractivity contribution in [3.05, 3.63) is 89.5 Å². The lowest BCUT2D eigenvalue weighted by Crippen LogP contribution is -2.25. The molecule has 0 N–H and O–H groups in total. The Morgan fingerprint density at radius 3 is 1.90 bits per heavy atom. The van der Waals surface area contributed by atoms with Gasteiger partial charge in [0.05, 0.1) is 17.6 Å². The van der Waals surface area contributed by atoms with Crippen molar-refractivity contribution in [1.82, 2.24) is 4.47 Å². The van der Waals surface area contributed by atoms with Crippen LogP contribution < -0.4 is 0 Å². The monoisotopic (exact) mass is 409 g/mol. The molecule has 0 saturated carbocycles. The first-order chi connectivity index (χ1) is 13.9. The fourth-order valence-electron chi connectivity index (χ4n) is 3.42. The summed E-state index contributed by atoms with van der Waals surface area (Å²) in [5.74, 6) is -0.523. The number of hydrogen-bond donors (Lipinski definition) is 0.